The Balaban J connectivity index is 2.08. The van der Waals surface area contributed by atoms with Crippen molar-refractivity contribution in [2.45, 2.75) is 56.3 Å². The zero-order valence-electron chi connectivity index (χ0n) is 9.93. The maximum atomic E-state index is 12.4. The summed E-state index contributed by atoms with van der Waals surface area (Å²) >= 11 is 12.1. The van der Waals surface area contributed by atoms with Crippen molar-refractivity contribution in [1.29, 1.82) is 0 Å². The van der Waals surface area contributed by atoms with Crippen LogP contribution in [0.2, 0.25) is 0 Å². The molecule has 4 heteroatoms. The molecule has 2 rings (SSSR count). The lowest BCUT2D eigenvalue weighted by Crippen LogP contribution is -2.43. The molecule has 2 fully saturated rings. The van der Waals surface area contributed by atoms with Crippen LogP contribution in [-0.2, 0) is 4.79 Å². The quantitative estimate of drug-likeness (QED) is 0.716. The molecular formula is C12H19Cl2NO. The highest BCUT2D eigenvalue weighted by atomic mass is 35.5. The Morgan fingerprint density at radius 3 is 2.25 bits per heavy atom. The summed E-state index contributed by atoms with van der Waals surface area (Å²) in [7, 11) is 0. The Kier molecular flexibility index (Phi) is 3.17. The molecule has 1 atom stereocenters. The number of hydrogen-bond donors (Lipinski definition) is 0. The van der Waals surface area contributed by atoms with E-state index in [1.807, 2.05) is 18.7 Å². The van der Waals surface area contributed by atoms with Gasteiger partial charge < -0.3 is 4.90 Å². The van der Waals surface area contributed by atoms with Crippen molar-refractivity contribution in [2.75, 3.05) is 6.54 Å². The first kappa shape index (κ1) is 12.5. The summed E-state index contributed by atoms with van der Waals surface area (Å²) in [6.45, 7) is 4.68. The summed E-state index contributed by atoms with van der Waals surface area (Å²) < 4.78 is -0.837. The zero-order chi connectivity index (χ0) is 12.0. The van der Waals surface area contributed by atoms with Gasteiger partial charge in [0.1, 0.15) is 4.33 Å². The summed E-state index contributed by atoms with van der Waals surface area (Å²) in [6.07, 6.45) is 5.32. The number of rotatable bonds is 3. The molecule has 92 valence electrons. The van der Waals surface area contributed by atoms with E-state index in [4.69, 9.17) is 23.2 Å². The van der Waals surface area contributed by atoms with E-state index in [9.17, 15) is 4.79 Å². The molecule has 1 amide bonds. The smallest absolute Gasteiger partial charge is 0.231 e. The minimum absolute atomic E-state index is 0.145. The van der Waals surface area contributed by atoms with Crippen LogP contribution >= 0.6 is 23.2 Å². The molecule has 0 N–H and O–H groups in total. The largest absolute Gasteiger partial charge is 0.339 e. The topological polar surface area (TPSA) is 20.3 Å². The lowest BCUT2D eigenvalue weighted by Gasteiger charge is -2.31. The SMILES string of the molecule is CCN(C(=O)C1(C)CC1(Cl)Cl)C1CCCC1. The fraction of sp³-hybridized carbons (Fsp3) is 0.917. The van der Waals surface area contributed by atoms with Gasteiger partial charge in [0.25, 0.3) is 0 Å². The van der Waals surface area contributed by atoms with Crippen molar-refractivity contribution in [2.24, 2.45) is 5.41 Å². The van der Waals surface area contributed by atoms with Crippen LogP contribution in [0, 0.1) is 5.41 Å². The monoisotopic (exact) mass is 263 g/mol. The van der Waals surface area contributed by atoms with E-state index in [1.165, 1.54) is 12.8 Å². The predicted octanol–water partition coefficient (Wildman–Crippen LogP) is 3.36. The third-order valence-corrected chi connectivity index (χ3v) is 5.20. The number of amides is 1. The van der Waals surface area contributed by atoms with E-state index >= 15 is 0 Å². The summed E-state index contributed by atoms with van der Waals surface area (Å²) in [5.41, 5.74) is -0.547. The number of halogens is 2. The van der Waals surface area contributed by atoms with E-state index in [-0.39, 0.29) is 5.91 Å². The molecule has 16 heavy (non-hydrogen) atoms. The molecule has 0 saturated heterocycles. The van der Waals surface area contributed by atoms with E-state index in [2.05, 4.69) is 0 Å². The van der Waals surface area contributed by atoms with Gasteiger partial charge in [0.15, 0.2) is 0 Å². The van der Waals surface area contributed by atoms with Crippen LogP contribution < -0.4 is 0 Å². The lowest BCUT2D eigenvalue weighted by molar-refractivity contribution is -0.138. The van der Waals surface area contributed by atoms with E-state index in [0.29, 0.717) is 12.5 Å². The van der Waals surface area contributed by atoms with Gasteiger partial charge in [-0.05, 0) is 33.1 Å². The predicted molar refractivity (Wildman–Crippen MR) is 66.8 cm³/mol. The highest BCUT2D eigenvalue weighted by molar-refractivity contribution is 6.53. The minimum Gasteiger partial charge on any atom is -0.339 e. The maximum absolute atomic E-state index is 12.4. The third kappa shape index (κ3) is 1.84. The van der Waals surface area contributed by atoms with Crippen LogP contribution in [0.1, 0.15) is 46.0 Å². The Morgan fingerprint density at radius 1 is 1.38 bits per heavy atom. The second kappa shape index (κ2) is 4.06. The van der Waals surface area contributed by atoms with Crippen molar-refractivity contribution in [3.05, 3.63) is 0 Å². The first-order valence-electron chi connectivity index (χ1n) is 6.11. The standard InChI is InChI=1S/C12H19Cl2NO/c1-3-15(9-6-4-5-7-9)10(16)11(2)8-12(11,13)14/h9H,3-8H2,1-2H3. The van der Waals surface area contributed by atoms with Gasteiger partial charge in [-0.1, -0.05) is 12.8 Å². The van der Waals surface area contributed by atoms with Crippen LogP contribution in [0.25, 0.3) is 0 Å². The van der Waals surface area contributed by atoms with Crippen LogP contribution in [0.3, 0.4) is 0 Å². The zero-order valence-corrected chi connectivity index (χ0v) is 11.4. The molecule has 1 unspecified atom stereocenters. The van der Waals surface area contributed by atoms with Crippen LogP contribution in [0.4, 0.5) is 0 Å². The van der Waals surface area contributed by atoms with Gasteiger partial charge >= 0.3 is 0 Å². The third-order valence-electron chi connectivity index (χ3n) is 4.10. The number of carbonyl (C=O) groups excluding carboxylic acids is 1. The summed E-state index contributed by atoms with van der Waals surface area (Å²) in [4.78, 5) is 14.4. The molecule has 2 saturated carbocycles. The van der Waals surface area contributed by atoms with E-state index in [1.54, 1.807) is 0 Å². The average Bonchev–Trinajstić information content (AvgIpc) is 2.64. The molecule has 0 bridgehead atoms. The van der Waals surface area contributed by atoms with Gasteiger partial charge in [0.2, 0.25) is 5.91 Å². The molecule has 2 aliphatic rings. The van der Waals surface area contributed by atoms with Crippen molar-refractivity contribution in [3.8, 4) is 0 Å². The van der Waals surface area contributed by atoms with Crippen LogP contribution in [0.5, 0.6) is 0 Å². The number of nitrogens with zero attached hydrogens (tertiary/aromatic N) is 1. The highest BCUT2D eigenvalue weighted by Gasteiger charge is 2.68. The van der Waals surface area contributed by atoms with Gasteiger partial charge in [-0.15, -0.1) is 23.2 Å². The number of alkyl halides is 2. The molecular weight excluding hydrogens is 245 g/mol. The Morgan fingerprint density at radius 2 is 1.88 bits per heavy atom. The molecule has 0 spiro atoms. The minimum atomic E-state index is -0.837. The number of hydrogen-bond acceptors (Lipinski definition) is 1. The van der Waals surface area contributed by atoms with Gasteiger partial charge in [-0.2, -0.15) is 0 Å². The van der Waals surface area contributed by atoms with E-state index in [0.717, 1.165) is 19.4 Å². The summed E-state index contributed by atoms with van der Waals surface area (Å²) in [6, 6.07) is 0.416. The normalized spacial score (nSPS) is 32.8. The van der Waals surface area contributed by atoms with Gasteiger partial charge in [-0.25, -0.2) is 0 Å². The molecule has 2 aliphatic carbocycles. The molecule has 0 aromatic carbocycles. The Labute approximate surface area is 107 Å². The first-order chi connectivity index (χ1) is 7.42. The molecule has 0 heterocycles. The molecule has 0 aromatic heterocycles. The van der Waals surface area contributed by atoms with Crippen molar-refractivity contribution >= 4 is 29.1 Å². The molecule has 2 nitrogen and oxygen atoms in total. The van der Waals surface area contributed by atoms with Crippen molar-refractivity contribution < 1.29 is 4.79 Å². The second-order valence-corrected chi connectivity index (χ2v) is 6.73. The number of carbonyl (C=O) groups is 1. The Hall–Kier alpha value is 0.0500. The molecule has 0 aliphatic heterocycles. The van der Waals surface area contributed by atoms with Gasteiger partial charge in [0.05, 0.1) is 5.41 Å². The van der Waals surface area contributed by atoms with Gasteiger partial charge in [0, 0.05) is 12.6 Å². The van der Waals surface area contributed by atoms with Crippen molar-refractivity contribution in [1.82, 2.24) is 4.90 Å². The lowest BCUT2D eigenvalue weighted by atomic mass is 10.1. The highest BCUT2D eigenvalue weighted by Crippen LogP contribution is 2.64. The molecule has 0 aromatic rings. The Bertz CT molecular complexity index is 299. The molecule has 0 radical (unpaired) electrons. The van der Waals surface area contributed by atoms with Gasteiger partial charge in [-0.3, -0.25) is 4.79 Å². The summed E-state index contributed by atoms with van der Waals surface area (Å²) in [5.74, 6) is 0.145. The van der Waals surface area contributed by atoms with Crippen molar-refractivity contribution in [3.63, 3.8) is 0 Å². The summed E-state index contributed by atoms with van der Waals surface area (Å²) in [5, 5.41) is 0. The van der Waals surface area contributed by atoms with Crippen LogP contribution in [0.15, 0.2) is 0 Å². The first-order valence-corrected chi connectivity index (χ1v) is 6.87. The fourth-order valence-corrected chi connectivity index (χ4v) is 3.43. The van der Waals surface area contributed by atoms with Crippen LogP contribution in [-0.4, -0.2) is 27.7 Å². The average molecular weight is 264 g/mol. The van der Waals surface area contributed by atoms with E-state index < -0.39 is 9.75 Å². The maximum Gasteiger partial charge on any atom is 0.231 e. The fourth-order valence-electron chi connectivity index (χ4n) is 2.73. The second-order valence-electron chi connectivity index (χ2n) is 5.24.